The predicted molar refractivity (Wildman–Crippen MR) is 71.8 cm³/mol. The van der Waals surface area contributed by atoms with E-state index in [-0.39, 0.29) is 12.8 Å². The number of ketones is 1. The lowest BCUT2D eigenvalue weighted by atomic mass is 9.89. The molecule has 0 saturated carbocycles. The average Bonchev–Trinajstić information content (AvgIpc) is 2.42. The lowest BCUT2D eigenvalue weighted by Crippen LogP contribution is -2.50. The SMILES string of the molecule is NC(=O)CC(CCBr)C(=O)[C@H](O)[C@@H](O)[C@H](O)[C@H](O)CO. The molecule has 0 aliphatic carbocycles. The second-order valence-electron chi connectivity index (χ2n) is 4.42. The Morgan fingerprint density at radius 3 is 2.05 bits per heavy atom. The van der Waals surface area contributed by atoms with Crippen LogP contribution in [0.5, 0.6) is 0 Å². The van der Waals surface area contributed by atoms with E-state index in [1.165, 1.54) is 0 Å². The number of hydrogen-bond donors (Lipinski definition) is 6. The van der Waals surface area contributed by atoms with Crippen molar-refractivity contribution in [2.45, 2.75) is 37.3 Å². The van der Waals surface area contributed by atoms with Gasteiger partial charge >= 0.3 is 0 Å². The minimum absolute atomic E-state index is 0.213. The molecule has 1 amide bonds. The molecule has 118 valence electrons. The summed E-state index contributed by atoms with van der Waals surface area (Å²) in [5.74, 6) is -2.50. The quantitative estimate of drug-likeness (QED) is 0.231. The van der Waals surface area contributed by atoms with Crippen LogP contribution in [0, 0.1) is 5.92 Å². The summed E-state index contributed by atoms with van der Waals surface area (Å²) in [6.45, 7) is -0.842. The van der Waals surface area contributed by atoms with Gasteiger partial charge in [0, 0.05) is 17.7 Å². The maximum atomic E-state index is 11.9. The molecule has 0 heterocycles. The van der Waals surface area contributed by atoms with Gasteiger partial charge in [-0.2, -0.15) is 0 Å². The highest BCUT2D eigenvalue weighted by Gasteiger charge is 2.37. The Kier molecular flexibility index (Phi) is 9.10. The molecule has 0 aliphatic rings. The van der Waals surface area contributed by atoms with Crippen molar-refractivity contribution < 1.29 is 35.1 Å². The van der Waals surface area contributed by atoms with Crippen molar-refractivity contribution in [3.63, 3.8) is 0 Å². The lowest BCUT2D eigenvalue weighted by molar-refractivity contribution is -0.151. The molecule has 0 radical (unpaired) electrons. The van der Waals surface area contributed by atoms with Crippen LogP contribution in [0.2, 0.25) is 0 Å². The van der Waals surface area contributed by atoms with Gasteiger partial charge in [-0.05, 0) is 6.42 Å². The van der Waals surface area contributed by atoms with Crippen LogP contribution >= 0.6 is 15.9 Å². The fraction of sp³-hybridized carbons (Fsp3) is 0.818. The first-order valence-corrected chi connectivity index (χ1v) is 7.09. The minimum atomic E-state index is -1.99. The van der Waals surface area contributed by atoms with Gasteiger partial charge in [-0.3, -0.25) is 9.59 Å². The van der Waals surface area contributed by atoms with Crippen LogP contribution in [-0.4, -0.2) is 73.6 Å². The van der Waals surface area contributed by atoms with Gasteiger partial charge in [0.2, 0.25) is 5.91 Å². The Hall–Kier alpha value is -0.580. The first kappa shape index (κ1) is 19.4. The number of carbonyl (C=O) groups excluding carboxylic acids is 2. The molecule has 8 nitrogen and oxygen atoms in total. The molecule has 0 aromatic carbocycles. The molecule has 0 rings (SSSR count). The number of primary amides is 1. The number of aliphatic hydroxyl groups is 5. The van der Waals surface area contributed by atoms with Crippen molar-refractivity contribution in [3.8, 4) is 0 Å². The fourth-order valence-electron chi connectivity index (χ4n) is 1.65. The van der Waals surface area contributed by atoms with Gasteiger partial charge in [-0.1, -0.05) is 15.9 Å². The van der Waals surface area contributed by atoms with E-state index in [9.17, 15) is 24.9 Å². The van der Waals surface area contributed by atoms with Gasteiger partial charge in [0.05, 0.1) is 6.61 Å². The summed E-state index contributed by atoms with van der Waals surface area (Å²) in [5.41, 5.74) is 4.99. The van der Waals surface area contributed by atoms with Gasteiger partial charge in [0.15, 0.2) is 5.78 Å². The number of aliphatic hydroxyl groups excluding tert-OH is 5. The van der Waals surface area contributed by atoms with E-state index in [2.05, 4.69) is 15.9 Å². The van der Waals surface area contributed by atoms with E-state index in [4.69, 9.17) is 15.9 Å². The Morgan fingerprint density at radius 1 is 1.10 bits per heavy atom. The molecule has 5 atom stereocenters. The highest BCUT2D eigenvalue weighted by Crippen LogP contribution is 2.17. The fourth-order valence-corrected chi connectivity index (χ4v) is 2.20. The Labute approximate surface area is 124 Å². The first-order valence-electron chi connectivity index (χ1n) is 5.97. The van der Waals surface area contributed by atoms with E-state index in [0.717, 1.165) is 0 Å². The average molecular weight is 358 g/mol. The summed E-state index contributed by atoms with van der Waals surface area (Å²) in [4.78, 5) is 22.8. The van der Waals surface area contributed by atoms with Crippen molar-refractivity contribution >= 4 is 27.6 Å². The van der Waals surface area contributed by atoms with E-state index < -0.39 is 48.6 Å². The summed E-state index contributed by atoms with van der Waals surface area (Å²) < 4.78 is 0. The second-order valence-corrected chi connectivity index (χ2v) is 5.22. The summed E-state index contributed by atoms with van der Waals surface area (Å²) in [6, 6.07) is 0. The number of Topliss-reactive ketones (excluding diaryl/α,β-unsaturated/α-hetero) is 1. The topological polar surface area (TPSA) is 161 Å². The maximum Gasteiger partial charge on any atom is 0.218 e. The van der Waals surface area contributed by atoms with Crippen LogP contribution < -0.4 is 5.73 Å². The normalized spacial score (nSPS) is 18.9. The number of hydrogen-bond acceptors (Lipinski definition) is 7. The van der Waals surface area contributed by atoms with Crippen LogP contribution in [0.1, 0.15) is 12.8 Å². The Bertz CT molecular complexity index is 328. The number of alkyl halides is 1. The summed E-state index contributed by atoms with van der Waals surface area (Å²) >= 11 is 3.09. The zero-order valence-electron chi connectivity index (χ0n) is 10.7. The molecule has 1 unspecified atom stereocenters. The monoisotopic (exact) mass is 357 g/mol. The number of amides is 1. The van der Waals surface area contributed by atoms with E-state index in [1.807, 2.05) is 0 Å². The van der Waals surface area contributed by atoms with Crippen molar-refractivity contribution in [1.29, 1.82) is 0 Å². The molecule has 7 N–H and O–H groups in total. The van der Waals surface area contributed by atoms with Crippen molar-refractivity contribution in [3.05, 3.63) is 0 Å². The van der Waals surface area contributed by atoms with Gasteiger partial charge in [0.1, 0.15) is 24.4 Å². The first-order chi connectivity index (χ1) is 9.26. The van der Waals surface area contributed by atoms with Crippen molar-refractivity contribution in [2.24, 2.45) is 11.7 Å². The number of nitrogens with two attached hydrogens (primary N) is 1. The molecule has 0 fully saturated rings. The maximum absolute atomic E-state index is 11.9. The summed E-state index contributed by atoms with van der Waals surface area (Å²) in [5, 5.41) is 46.9. The number of halogens is 1. The van der Waals surface area contributed by atoms with Gasteiger partial charge in [0.25, 0.3) is 0 Å². The zero-order valence-corrected chi connectivity index (χ0v) is 12.3. The zero-order chi connectivity index (χ0) is 15.9. The molecule has 0 spiro atoms. The number of carbonyl (C=O) groups is 2. The molecule has 0 bridgehead atoms. The minimum Gasteiger partial charge on any atom is -0.394 e. The van der Waals surface area contributed by atoms with Gasteiger partial charge < -0.3 is 31.3 Å². The molecule has 9 heteroatoms. The molecule has 0 aliphatic heterocycles. The van der Waals surface area contributed by atoms with Gasteiger partial charge in [-0.15, -0.1) is 0 Å². The van der Waals surface area contributed by atoms with Crippen molar-refractivity contribution in [2.75, 3.05) is 11.9 Å². The smallest absolute Gasteiger partial charge is 0.218 e. The molecule has 0 saturated heterocycles. The van der Waals surface area contributed by atoms with E-state index >= 15 is 0 Å². The van der Waals surface area contributed by atoms with Gasteiger partial charge in [-0.25, -0.2) is 0 Å². The van der Waals surface area contributed by atoms with E-state index in [0.29, 0.717) is 5.33 Å². The Morgan fingerprint density at radius 2 is 1.65 bits per heavy atom. The highest BCUT2D eigenvalue weighted by molar-refractivity contribution is 9.09. The second kappa shape index (κ2) is 9.37. The number of rotatable bonds is 10. The van der Waals surface area contributed by atoms with Crippen LogP contribution in [-0.2, 0) is 9.59 Å². The molecule has 20 heavy (non-hydrogen) atoms. The third-order valence-electron chi connectivity index (χ3n) is 2.85. The van der Waals surface area contributed by atoms with Crippen LogP contribution in [0.4, 0.5) is 0 Å². The van der Waals surface area contributed by atoms with Crippen LogP contribution in [0.3, 0.4) is 0 Å². The van der Waals surface area contributed by atoms with Crippen LogP contribution in [0.15, 0.2) is 0 Å². The third-order valence-corrected chi connectivity index (χ3v) is 3.31. The van der Waals surface area contributed by atoms with E-state index in [1.54, 1.807) is 0 Å². The summed E-state index contributed by atoms with van der Waals surface area (Å²) in [6.07, 6.45) is -7.64. The molecule has 0 aromatic heterocycles. The highest BCUT2D eigenvalue weighted by atomic mass is 79.9. The predicted octanol–water partition coefficient (Wildman–Crippen LogP) is -2.73. The summed E-state index contributed by atoms with van der Waals surface area (Å²) in [7, 11) is 0. The van der Waals surface area contributed by atoms with Crippen molar-refractivity contribution in [1.82, 2.24) is 0 Å². The Balaban J connectivity index is 4.81. The standard InChI is InChI=1S/C11H20BrNO7/c12-2-1-5(3-7(13)16)8(17)10(19)11(20)9(18)6(15)4-14/h5-6,9-11,14-15,18-20H,1-4H2,(H2,13,16)/t5?,6-,9-,10+,11+/m1/s1. The molecule has 0 aromatic rings. The molecular formula is C11H20BrNO7. The lowest BCUT2D eigenvalue weighted by Gasteiger charge is -2.26. The van der Waals surface area contributed by atoms with Crippen LogP contribution in [0.25, 0.3) is 0 Å². The largest absolute Gasteiger partial charge is 0.394 e. The third kappa shape index (κ3) is 5.81. The molecular weight excluding hydrogens is 338 g/mol.